The molecule has 8 nitrogen and oxygen atoms in total. The first kappa shape index (κ1) is 17.8. The van der Waals surface area contributed by atoms with Crippen molar-refractivity contribution in [2.75, 3.05) is 7.11 Å². The van der Waals surface area contributed by atoms with E-state index in [0.717, 1.165) is 24.2 Å². The third-order valence-electron chi connectivity index (χ3n) is 4.23. The van der Waals surface area contributed by atoms with Crippen LogP contribution in [-0.2, 0) is 6.54 Å². The molecule has 0 unspecified atom stereocenters. The van der Waals surface area contributed by atoms with Crippen LogP contribution in [0.3, 0.4) is 0 Å². The molecular formula is C20H19N3O5. The fourth-order valence-corrected chi connectivity index (χ4v) is 2.65. The van der Waals surface area contributed by atoms with E-state index in [1.54, 1.807) is 25.3 Å². The van der Waals surface area contributed by atoms with Gasteiger partial charge in [-0.15, -0.1) is 5.10 Å². The molecule has 1 aliphatic rings. The van der Waals surface area contributed by atoms with Gasteiger partial charge in [0.1, 0.15) is 17.2 Å². The fourth-order valence-electron chi connectivity index (χ4n) is 2.65. The predicted octanol–water partition coefficient (Wildman–Crippen LogP) is 3.37. The number of aromatic carboxylic acids is 1. The SMILES string of the molecule is COc1ccc(Cn2nnc(C(=O)O)c2Oc2cccc(OC3CC3)c2)cc1. The number of benzene rings is 2. The number of carboxylic acid groups (broad SMARTS) is 1. The number of aromatic nitrogens is 3. The third-order valence-corrected chi connectivity index (χ3v) is 4.23. The maximum absolute atomic E-state index is 11.5. The summed E-state index contributed by atoms with van der Waals surface area (Å²) in [4.78, 5) is 11.5. The van der Waals surface area contributed by atoms with Crippen molar-refractivity contribution >= 4 is 5.97 Å². The minimum atomic E-state index is -1.21. The highest BCUT2D eigenvalue weighted by molar-refractivity contribution is 5.87. The zero-order chi connectivity index (χ0) is 19.5. The standard InChI is InChI=1S/C20H19N3O5/c1-26-14-7-5-13(6-8-14)12-23-19(18(20(24)25)21-22-23)28-17-4-2-3-16(11-17)27-15-9-10-15/h2-8,11,15H,9-10,12H2,1H3,(H,24,25). The molecule has 1 heterocycles. The second-order valence-corrected chi connectivity index (χ2v) is 6.45. The molecule has 28 heavy (non-hydrogen) atoms. The number of carboxylic acids is 1. The van der Waals surface area contributed by atoms with Gasteiger partial charge in [0.2, 0.25) is 5.69 Å². The molecule has 0 spiro atoms. The highest BCUT2D eigenvalue weighted by Gasteiger charge is 2.24. The van der Waals surface area contributed by atoms with Gasteiger partial charge in [-0.3, -0.25) is 0 Å². The Hall–Kier alpha value is -3.55. The van der Waals surface area contributed by atoms with E-state index in [9.17, 15) is 9.90 Å². The largest absolute Gasteiger partial charge is 0.497 e. The maximum Gasteiger partial charge on any atom is 0.362 e. The van der Waals surface area contributed by atoms with Crippen molar-refractivity contribution in [3.63, 3.8) is 0 Å². The predicted molar refractivity (Wildman–Crippen MR) is 99.2 cm³/mol. The number of ether oxygens (including phenoxy) is 3. The molecule has 1 aliphatic carbocycles. The molecule has 0 bridgehead atoms. The van der Waals surface area contributed by atoms with E-state index in [-0.39, 0.29) is 17.7 Å². The minimum Gasteiger partial charge on any atom is -0.497 e. The van der Waals surface area contributed by atoms with Gasteiger partial charge in [0.05, 0.1) is 19.8 Å². The summed E-state index contributed by atoms with van der Waals surface area (Å²) in [6.07, 6.45) is 2.35. The lowest BCUT2D eigenvalue weighted by atomic mass is 10.2. The van der Waals surface area contributed by atoms with E-state index >= 15 is 0 Å². The van der Waals surface area contributed by atoms with Crippen molar-refractivity contribution < 1.29 is 24.1 Å². The summed E-state index contributed by atoms with van der Waals surface area (Å²) in [6, 6.07) is 14.5. The summed E-state index contributed by atoms with van der Waals surface area (Å²) >= 11 is 0. The van der Waals surface area contributed by atoms with Crippen molar-refractivity contribution in [2.24, 2.45) is 0 Å². The Kier molecular flexibility index (Phi) is 4.84. The molecule has 1 fully saturated rings. The van der Waals surface area contributed by atoms with Crippen molar-refractivity contribution in [1.29, 1.82) is 0 Å². The topological polar surface area (TPSA) is 95.7 Å². The summed E-state index contributed by atoms with van der Waals surface area (Å²) in [6.45, 7) is 0.303. The molecule has 0 aliphatic heterocycles. The van der Waals surface area contributed by atoms with Crippen LogP contribution in [0.15, 0.2) is 48.5 Å². The lowest BCUT2D eigenvalue weighted by Crippen LogP contribution is -2.06. The fraction of sp³-hybridized carbons (Fsp3) is 0.250. The highest BCUT2D eigenvalue weighted by atomic mass is 16.5. The van der Waals surface area contributed by atoms with Crippen LogP contribution in [0, 0.1) is 0 Å². The van der Waals surface area contributed by atoms with E-state index in [4.69, 9.17) is 14.2 Å². The Morgan fingerprint density at radius 2 is 1.89 bits per heavy atom. The van der Waals surface area contributed by atoms with Crippen LogP contribution in [0.5, 0.6) is 23.1 Å². The maximum atomic E-state index is 11.5. The summed E-state index contributed by atoms with van der Waals surface area (Å²) in [5.41, 5.74) is 0.653. The number of carbonyl (C=O) groups is 1. The monoisotopic (exact) mass is 381 g/mol. The second-order valence-electron chi connectivity index (χ2n) is 6.45. The first-order chi connectivity index (χ1) is 13.6. The molecule has 2 aromatic carbocycles. The van der Waals surface area contributed by atoms with E-state index in [0.29, 0.717) is 18.0 Å². The zero-order valence-corrected chi connectivity index (χ0v) is 15.2. The Bertz CT molecular complexity index is 980. The number of hydrogen-bond acceptors (Lipinski definition) is 6. The van der Waals surface area contributed by atoms with Crippen LogP contribution >= 0.6 is 0 Å². The van der Waals surface area contributed by atoms with Gasteiger partial charge in [-0.2, -0.15) is 0 Å². The third kappa shape index (κ3) is 4.06. The molecule has 0 saturated heterocycles. The molecule has 1 saturated carbocycles. The number of methoxy groups -OCH3 is 1. The summed E-state index contributed by atoms with van der Waals surface area (Å²) in [5, 5.41) is 17.1. The second kappa shape index (κ2) is 7.59. The van der Waals surface area contributed by atoms with Crippen LogP contribution in [0.25, 0.3) is 0 Å². The van der Waals surface area contributed by atoms with Gasteiger partial charge in [-0.1, -0.05) is 23.4 Å². The normalized spacial score (nSPS) is 13.2. The number of rotatable bonds is 8. The smallest absolute Gasteiger partial charge is 0.362 e. The van der Waals surface area contributed by atoms with Crippen LogP contribution in [0.2, 0.25) is 0 Å². The van der Waals surface area contributed by atoms with E-state index in [1.165, 1.54) is 4.68 Å². The van der Waals surface area contributed by atoms with Gasteiger partial charge >= 0.3 is 5.97 Å². The molecule has 1 aromatic heterocycles. The molecule has 8 heteroatoms. The van der Waals surface area contributed by atoms with Crippen LogP contribution < -0.4 is 14.2 Å². The van der Waals surface area contributed by atoms with Gasteiger partial charge in [-0.25, -0.2) is 9.48 Å². The van der Waals surface area contributed by atoms with E-state index in [1.807, 2.05) is 30.3 Å². The lowest BCUT2D eigenvalue weighted by Gasteiger charge is -2.11. The molecule has 1 N–H and O–H groups in total. The molecule has 144 valence electrons. The molecular weight excluding hydrogens is 362 g/mol. The molecule has 0 amide bonds. The summed E-state index contributed by atoms with van der Waals surface area (Å²) in [7, 11) is 1.60. The van der Waals surface area contributed by atoms with Crippen LogP contribution in [0.1, 0.15) is 28.9 Å². The average Bonchev–Trinajstić information content (AvgIpc) is 3.42. The minimum absolute atomic E-state index is 0.0619. The molecule has 4 rings (SSSR count). The lowest BCUT2D eigenvalue weighted by molar-refractivity contribution is 0.0687. The summed E-state index contributed by atoms with van der Waals surface area (Å²) < 4.78 is 18.2. The van der Waals surface area contributed by atoms with Crippen LogP contribution in [0.4, 0.5) is 0 Å². The number of nitrogens with zero attached hydrogens (tertiary/aromatic N) is 3. The van der Waals surface area contributed by atoms with Crippen molar-refractivity contribution in [2.45, 2.75) is 25.5 Å². The van der Waals surface area contributed by atoms with E-state index in [2.05, 4.69) is 10.3 Å². The first-order valence-corrected chi connectivity index (χ1v) is 8.86. The van der Waals surface area contributed by atoms with E-state index < -0.39 is 5.97 Å². The molecule has 0 atom stereocenters. The Balaban J connectivity index is 1.59. The van der Waals surface area contributed by atoms with Crippen molar-refractivity contribution in [3.05, 3.63) is 59.8 Å². The van der Waals surface area contributed by atoms with Gasteiger partial charge in [0.15, 0.2) is 0 Å². The zero-order valence-electron chi connectivity index (χ0n) is 15.2. The van der Waals surface area contributed by atoms with Crippen molar-refractivity contribution in [3.8, 4) is 23.1 Å². The Morgan fingerprint density at radius 1 is 1.14 bits per heavy atom. The highest BCUT2D eigenvalue weighted by Crippen LogP contribution is 2.31. The average molecular weight is 381 g/mol. The molecule has 0 radical (unpaired) electrons. The van der Waals surface area contributed by atoms with Gasteiger partial charge in [-0.05, 0) is 42.7 Å². The van der Waals surface area contributed by atoms with Crippen molar-refractivity contribution in [1.82, 2.24) is 15.0 Å². The number of hydrogen-bond donors (Lipinski definition) is 1. The van der Waals surface area contributed by atoms with Gasteiger partial charge in [0.25, 0.3) is 5.88 Å². The first-order valence-electron chi connectivity index (χ1n) is 8.86. The van der Waals surface area contributed by atoms with Gasteiger partial charge < -0.3 is 19.3 Å². The Morgan fingerprint density at radius 3 is 2.57 bits per heavy atom. The Labute approximate surface area is 161 Å². The summed E-state index contributed by atoms with van der Waals surface area (Å²) in [5.74, 6) is 0.732. The molecule has 3 aromatic rings. The van der Waals surface area contributed by atoms with Crippen LogP contribution in [-0.4, -0.2) is 39.3 Å². The quantitative estimate of drug-likeness (QED) is 0.639. The van der Waals surface area contributed by atoms with Gasteiger partial charge in [0, 0.05) is 6.07 Å².